The van der Waals surface area contributed by atoms with Crippen molar-refractivity contribution in [1.82, 2.24) is 8.61 Å². The van der Waals surface area contributed by atoms with Gasteiger partial charge >= 0.3 is 0 Å². The molecule has 112 valence electrons. The van der Waals surface area contributed by atoms with E-state index in [0.29, 0.717) is 25.6 Å². The van der Waals surface area contributed by atoms with Gasteiger partial charge in [0.05, 0.1) is 19.3 Å². The van der Waals surface area contributed by atoms with Crippen LogP contribution in [0, 0.1) is 5.92 Å². The molecule has 1 N–H and O–H groups in total. The maximum absolute atomic E-state index is 12.6. The molecule has 2 heterocycles. The van der Waals surface area contributed by atoms with Gasteiger partial charge in [-0.2, -0.15) is 17.0 Å². The second kappa shape index (κ2) is 6.05. The fourth-order valence-electron chi connectivity index (χ4n) is 2.59. The summed E-state index contributed by atoms with van der Waals surface area (Å²) < 4.78 is 33.7. The van der Waals surface area contributed by atoms with E-state index in [0.717, 1.165) is 12.8 Å². The molecule has 2 atom stereocenters. The lowest BCUT2D eigenvalue weighted by Crippen LogP contribution is -2.57. The molecule has 0 aromatic heterocycles. The highest BCUT2D eigenvalue weighted by Crippen LogP contribution is 2.24. The van der Waals surface area contributed by atoms with Crippen LogP contribution in [0.4, 0.5) is 0 Å². The van der Waals surface area contributed by atoms with Crippen LogP contribution in [0.1, 0.15) is 26.7 Å². The summed E-state index contributed by atoms with van der Waals surface area (Å²) in [5, 5.41) is 9.15. The Kier molecular flexibility index (Phi) is 4.84. The van der Waals surface area contributed by atoms with Gasteiger partial charge in [0.25, 0.3) is 10.2 Å². The summed E-state index contributed by atoms with van der Waals surface area (Å²) in [7, 11) is -3.43. The van der Waals surface area contributed by atoms with E-state index in [1.807, 2.05) is 6.92 Å². The molecule has 0 spiro atoms. The highest BCUT2D eigenvalue weighted by molar-refractivity contribution is 7.86. The third-order valence-electron chi connectivity index (χ3n) is 4.02. The average Bonchev–Trinajstić information content (AvgIpc) is 2.39. The summed E-state index contributed by atoms with van der Waals surface area (Å²) in [6.07, 6.45) is 1.43. The summed E-state index contributed by atoms with van der Waals surface area (Å²) >= 11 is 0. The van der Waals surface area contributed by atoms with E-state index in [4.69, 9.17) is 9.84 Å². The van der Waals surface area contributed by atoms with Crippen molar-refractivity contribution in [2.24, 2.45) is 5.92 Å². The minimum atomic E-state index is -3.43. The van der Waals surface area contributed by atoms with E-state index >= 15 is 0 Å². The molecule has 2 fully saturated rings. The van der Waals surface area contributed by atoms with Gasteiger partial charge in [-0.05, 0) is 25.7 Å². The lowest BCUT2D eigenvalue weighted by Gasteiger charge is -2.40. The second-order valence-electron chi connectivity index (χ2n) is 5.65. The first kappa shape index (κ1) is 15.2. The molecule has 2 rings (SSSR count). The molecule has 0 bridgehead atoms. The Hall–Kier alpha value is -0.210. The van der Waals surface area contributed by atoms with E-state index in [2.05, 4.69) is 6.92 Å². The molecule has 0 saturated carbocycles. The fraction of sp³-hybridized carbons (Fsp3) is 1.00. The Labute approximate surface area is 115 Å². The predicted molar refractivity (Wildman–Crippen MR) is 71.9 cm³/mol. The normalized spacial score (nSPS) is 32.6. The number of nitrogens with zero attached hydrogens (tertiary/aromatic N) is 2. The quantitative estimate of drug-likeness (QED) is 0.797. The summed E-state index contributed by atoms with van der Waals surface area (Å²) in [6, 6.07) is -0.174. The Balaban J connectivity index is 2.09. The van der Waals surface area contributed by atoms with Gasteiger partial charge in [0.15, 0.2) is 0 Å². The molecule has 2 aliphatic heterocycles. The second-order valence-corrected chi connectivity index (χ2v) is 7.53. The molecule has 6 nitrogen and oxygen atoms in total. The molecular formula is C12H24N2O4S. The van der Waals surface area contributed by atoms with Crippen LogP contribution in [0.15, 0.2) is 0 Å². The fourth-order valence-corrected chi connectivity index (χ4v) is 4.43. The number of hydrogen-bond acceptors (Lipinski definition) is 4. The van der Waals surface area contributed by atoms with Crippen LogP contribution in [0.25, 0.3) is 0 Å². The molecule has 0 radical (unpaired) electrons. The highest BCUT2D eigenvalue weighted by Gasteiger charge is 2.38. The average molecular weight is 292 g/mol. The van der Waals surface area contributed by atoms with Gasteiger partial charge in [-0.3, -0.25) is 0 Å². The Bertz CT molecular complexity index is 393. The van der Waals surface area contributed by atoms with Crippen LogP contribution in [-0.4, -0.2) is 67.1 Å². The van der Waals surface area contributed by atoms with Crippen molar-refractivity contribution in [2.45, 2.75) is 38.8 Å². The molecule has 2 saturated heterocycles. The summed E-state index contributed by atoms with van der Waals surface area (Å²) in [5.41, 5.74) is 0. The number of hydrogen-bond donors (Lipinski definition) is 1. The SMILES string of the molecule is CC1CCN(S(=O)(=O)N2CC(CO)OCC2C)CC1. The molecule has 2 aliphatic rings. The minimum Gasteiger partial charge on any atom is -0.394 e. The predicted octanol–water partition coefficient (Wildman–Crippen LogP) is 0.0447. The van der Waals surface area contributed by atoms with E-state index in [-0.39, 0.29) is 19.2 Å². The number of ether oxygens (including phenoxy) is 1. The van der Waals surface area contributed by atoms with Gasteiger partial charge in [-0.15, -0.1) is 0 Å². The standard InChI is InChI=1S/C12H24N2O4S/c1-10-3-5-13(6-4-10)19(16,17)14-7-12(8-15)18-9-11(14)2/h10-12,15H,3-9H2,1-2H3. The lowest BCUT2D eigenvalue weighted by molar-refractivity contribution is -0.0532. The maximum atomic E-state index is 12.6. The number of rotatable bonds is 3. The molecule has 0 aromatic rings. The van der Waals surface area contributed by atoms with Crippen LogP contribution in [0.2, 0.25) is 0 Å². The molecule has 19 heavy (non-hydrogen) atoms. The van der Waals surface area contributed by atoms with Crippen LogP contribution in [-0.2, 0) is 14.9 Å². The van der Waals surface area contributed by atoms with Crippen molar-refractivity contribution < 1.29 is 18.3 Å². The summed E-state index contributed by atoms with van der Waals surface area (Å²) in [6.45, 7) is 5.63. The first-order valence-corrected chi connectivity index (χ1v) is 8.34. The van der Waals surface area contributed by atoms with Crippen LogP contribution >= 0.6 is 0 Å². The van der Waals surface area contributed by atoms with Gasteiger partial charge in [-0.1, -0.05) is 6.92 Å². The molecule has 0 amide bonds. The number of piperidine rings is 1. The molecule has 0 aliphatic carbocycles. The molecular weight excluding hydrogens is 268 g/mol. The van der Waals surface area contributed by atoms with Crippen molar-refractivity contribution in [1.29, 1.82) is 0 Å². The van der Waals surface area contributed by atoms with Crippen molar-refractivity contribution in [3.05, 3.63) is 0 Å². The Morgan fingerprint density at radius 2 is 1.89 bits per heavy atom. The van der Waals surface area contributed by atoms with Crippen LogP contribution in [0.3, 0.4) is 0 Å². The minimum absolute atomic E-state index is 0.143. The van der Waals surface area contributed by atoms with Crippen molar-refractivity contribution >= 4 is 10.2 Å². The molecule has 2 unspecified atom stereocenters. The zero-order chi connectivity index (χ0) is 14.0. The van der Waals surface area contributed by atoms with Gasteiger partial charge in [0.1, 0.15) is 0 Å². The summed E-state index contributed by atoms with van der Waals surface area (Å²) in [5.74, 6) is 0.596. The topological polar surface area (TPSA) is 70.1 Å². The van der Waals surface area contributed by atoms with Gasteiger partial charge in [-0.25, -0.2) is 0 Å². The van der Waals surface area contributed by atoms with Crippen LogP contribution in [0.5, 0.6) is 0 Å². The number of aliphatic hydroxyl groups is 1. The molecule has 0 aromatic carbocycles. The van der Waals surface area contributed by atoms with Gasteiger partial charge in [0.2, 0.25) is 0 Å². The Morgan fingerprint density at radius 3 is 2.47 bits per heavy atom. The number of aliphatic hydroxyl groups excluding tert-OH is 1. The van der Waals surface area contributed by atoms with Crippen molar-refractivity contribution in [3.63, 3.8) is 0 Å². The van der Waals surface area contributed by atoms with E-state index in [9.17, 15) is 8.42 Å². The Morgan fingerprint density at radius 1 is 1.26 bits per heavy atom. The van der Waals surface area contributed by atoms with Crippen LogP contribution < -0.4 is 0 Å². The van der Waals surface area contributed by atoms with Gasteiger partial charge in [0, 0.05) is 25.7 Å². The largest absolute Gasteiger partial charge is 0.394 e. The lowest BCUT2D eigenvalue weighted by atomic mass is 10.0. The monoisotopic (exact) mass is 292 g/mol. The van der Waals surface area contributed by atoms with Crippen molar-refractivity contribution in [2.75, 3.05) is 32.8 Å². The van der Waals surface area contributed by atoms with Gasteiger partial charge < -0.3 is 9.84 Å². The maximum Gasteiger partial charge on any atom is 0.282 e. The zero-order valence-corrected chi connectivity index (χ0v) is 12.5. The third-order valence-corrected chi connectivity index (χ3v) is 6.14. The van der Waals surface area contributed by atoms with E-state index < -0.39 is 16.3 Å². The highest BCUT2D eigenvalue weighted by atomic mass is 32.2. The van der Waals surface area contributed by atoms with E-state index in [1.54, 1.807) is 4.31 Å². The zero-order valence-electron chi connectivity index (χ0n) is 11.7. The first-order chi connectivity index (χ1) is 8.95. The smallest absolute Gasteiger partial charge is 0.282 e. The first-order valence-electron chi connectivity index (χ1n) is 6.94. The molecule has 7 heteroatoms. The third kappa shape index (κ3) is 3.28. The van der Waals surface area contributed by atoms with E-state index in [1.165, 1.54) is 4.31 Å². The number of morpholine rings is 1. The summed E-state index contributed by atoms with van der Waals surface area (Å²) in [4.78, 5) is 0. The van der Waals surface area contributed by atoms with Crippen molar-refractivity contribution in [3.8, 4) is 0 Å².